The Morgan fingerprint density at radius 3 is 2.86 bits per heavy atom. The number of thiophene rings is 1. The number of ether oxygens (including phenoxy) is 1. The van der Waals surface area contributed by atoms with Gasteiger partial charge in [-0.15, -0.1) is 23.7 Å². The third-order valence-corrected chi connectivity index (χ3v) is 3.79. The van der Waals surface area contributed by atoms with E-state index >= 15 is 0 Å². The molecular weight excluding hydrogens is 314 g/mol. The molecule has 2 amide bonds. The first-order chi connectivity index (χ1) is 9.77. The molecule has 0 saturated carbocycles. The van der Waals surface area contributed by atoms with E-state index in [0.29, 0.717) is 44.1 Å². The van der Waals surface area contributed by atoms with Gasteiger partial charge in [-0.05, 0) is 17.9 Å². The summed E-state index contributed by atoms with van der Waals surface area (Å²) < 4.78 is 5.22. The zero-order valence-electron chi connectivity index (χ0n) is 11.6. The van der Waals surface area contributed by atoms with Gasteiger partial charge in [0.1, 0.15) is 6.04 Å². The van der Waals surface area contributed by atoms with Gasteiger partial charge < -0.3 is 20.7 Å². The summed E-state index contributed by atoms with van der Waals surface area (Å²) in [4.78, 5) is 24.1. The summed E-state index contributed by atoms with van der Waals surface area (Å²) in [5.74, 6) is -0.108. The van der Waals surface area contributed by atoms with Crippen molar-refractivity contribution in [3.63, 3.8) is 0 Å². The quantitative estimate of drug-likeness (QED) is 0.658. The normalized spacial score (nSPS) is 17.6. The van der Waals surface area contributed by atoms with E-state index in [1.54, 1.807) is 6.07 Å². The Labute approximate surface area is 134 Å². The molecule has 21 heavy (non-hydrogen) atoms. The number of amides is 2. The largest absolute Gasteiger partial charge is 0.378 e. The first-order valence-corrected chi connectivity index (χ1v) is 7.56. The molecule has 1 fully saturated rings. The number of carbonyl (C=O) groups excluding carboxylic acids is 2. The van der Waals surface area contributed by atoms with Crippen molar-refractivity contribution in [2.45, 2.75) is 12.5 Å². The van der Waals surface area contributed by atoms with E-state index in [2.05, 4.69) is 16.0 Å². The second-order valence-electron chi connectivity index (χ2n) is 4.46. The van der Waals surface area contributed by atoms with Crippen molar-refractivity contribution < 1.29 is 14.3 Å². The predicted octanol–water partition coefficient (Wildman–Crippen LogP) is 0.394. The molecule has 1 atom stereocenters. The van der Waals surface area contributed by atoms with Crippen LogP contribution in [0.3, 0.4) is 0 Å². The van der Waals surface area contributed by atoms with Crippen LogP contribution in [0.2, 0.25) is 0 Å². The zero-order chi connectivity index (χ0) is 14.2. The molecule has 1 unspecified atom stereocenters. The van der Waals surface area contributed by atoms with Crippen LogP contribution in [0.5, 0.6) is 0 Å². The van der Waals surface area contributed by atoms with Crippen LogP contribution in [0.25, 0.3) is 0 Å². The van der Waals surface area contributed by atoms with Crippen molar-refractivity contribution in [3.05, 3.63) is 22.4 Å². The predicted molar refractivity (Wildman–Crippen MR) is 84.1 cm³/mol. The standard InChI is InChI=1S/C13H19N3O3S.ClH/c17-12(10-9-19-7-6-14-10)15-4-2-5-16-13(18)11-3-1-8-20-11;/h1,3,8,10,14H,2,4-7,9H2,(H,15,17)(H,16,18);1H. The van der Waals surface area contributed by atoms with Crippen LogP contribution in [-0.2, 0) is 9.53 Å². The Bertz CT molecular complexity index is 436. The average Bonchev–Trinajstić information content (AvgIpc) is 3.01. The number of rotatable bonds is 6. The fourth-order valence-electron chi connectivity index (χ4n) is 1.85. The van der Waals surface area contributed by atoms with Crippen LogP contribution < -0.4 is 16.0 Å². The maximum atomic E-state index is 11.7. The molecule has 1 aromatic rings. The van der Waals surface area contributed by atoms with E-state index in [9.17, 15) is 9.59 Å². The van der Waals surface area contributed by atoms with Gasteiger partial charge in [-0.25, -0.2) is 0 Å². The minimum Gasteiger partial charge on any atom is -0.378 e. The number of hydrogen-bond acceptors (Lipinski definition) is 5. The molecule has 1 aliphatic heterocycles. The van der Waals surface area contributed by atoms with Crippen molar-refractivity contribution in [2.24, 2.45) is 0 Å². The fourth-order valence-corrected chi connectivity index (χ4v) is 2.49. The number of carbonyl (C=O) groups is 2. The lowest BCUT2D eigenvalue weighted by molar-refractivity contribution is -0.125. The maximum absolute atomic E-state index is 11.7. The van der Waals surface area contributed by atoms with Gasteiger partial charge in [-0.1, -0.05) is 6.07 Å². The SMILES string of the molecule is Cl.O=C(NCCCNC(=O)C1COCCN1)c1cccs1. The lowest BCUT2D eigenvalue weighted by Crippen LogP contribution is -2.51. The molecule has 0 bridgehead atoms. The summed E-state index contributed by atoms with van der Waals surface area (Å²) in [6.45, 7) is 2.86. The van der Waals surface area contributed by atoms with Crippen molar-refractivity contribution >= 4 is 35.6 Å². The van der Waals surface area contributed by atoms with E-state index in [1.807, 2.05) is 11.4 Å². The number of nitrogens with one attached hydrogen (secondary N) is 3. The smallest absolute Gasteiger partial charge is 0.261 e. The maximum Gasteiger partial charge on any atom is 0.261 e. The summed E-state index contributed by atoms with van der Waals surface area (Å²) in [5.41, 5.74) is 0. The summed E-state index contributed by atoms with van der Waals surface area (Å²) in [6.07, 6.45) is 0.705. The molecule has 0 spiro atoms. The van der Waals surface area contributed by atoms with Crippen LogP contribution in [-0.4, -0.2) is 50.7 Å². The number of hydrogen-bond donors (Lipinski definition) is 3. The first kappa shape index (κ1) is 17.9. The molecule has 1 aliphatic rings. The van der Waals surface area contributed by atoms with E-state index in [1.165, 1.54) is 11.3 Å². The molecule has 0 aromatic carbocycles. The van der Waals surface area contributed by atoms with Gasteiger partial charge in [0.2, 0.25) is 5.91 Å². The summed E-state index contributed by atoms with van der Waals surface area (Å²) in [6, 6.07) is 3.37. The second kappa shape index (κ2) is 9.73. The highest BCUT2D eigenvalue weighted by Gasteiger charge is 2.20. The second-order valence-corrected chi connectivity index (χ2v) is 5.41. The minimum atomic E-state index is -0.260. The molecular formula is C13H20ClN3O3S. The average molecular weight is 334 g/mol. The molecule has 0 aliphatic carbocycles. The van der Waals surface area contributed by atoms with Crippen LogP contribution in [0.15, 0.2) is 17.5 Å². The molecule has 3 N–H and O–H groups in total. The van der Waals surface area contributed by atoms with Gasteiger partial charge in [0.05, 0.1) is 18.1 Å². The third-order valence-electron chi connectivity index (χ3n) is 2.92. The summed E-state index contributed by atoms with van der Waals surface area (Å²) >= 11 is 1.41. The Balaban J connectivity index is 0.00000220. The number of morpholine rings is 1. The molecule has 118 valence electrons. The summed E-state index contributed by atoms with van der Waals surface area (Å²) in [5, 5.41) is 10.6. The van der Waals surface area contributed by atoms with Crippen LogP contribution >= 0.6 is 23.7 Å². The van der Waals surface area contributed by atoms with Gasteiger partial charge in [0.15, 0.2) is 0 Å². The molecule has 0 radical (unpaired) electrons. The molecule has 6 nitrogen and oxygen atoms in total. The Hall–Kier alpha value is -1.15. The molecule has 8 heteroatoms. The van der Waals surface area contributed by atoms with Crippen molar-refractivity contribution in [1.82, 2.24) is 16.0 Å². The van der Waals surface area contributed by atoms with Gasteiger partial charge in [-0.3, -0.25) is 9.59 Å². The minimum absolute atomic E-state index is 0. The molecule has 2 rings (SSSR count). The van der Waals surface area contributed by atoms with Gasteiger partial charge >= 0.3 is 0 Å². The third kappa shape index (κ3) is 6.01. The lowest BCUT2D eigenvalue weighted by atomic mass is 10.2. The summed E-state index contributed by atoms with van der Waals surface area (Å²) in [7, 11) is 0. The first-order valence-electron chi connectivity index (χ1n) is 6.68. The molecule has 1 saturated heterocycles. The highest BCUT2D eigenvalue weighted by Crippen LogP contribution is 2.07. The van der Waals surface area contributed by atoms with Crippen LogP contribution in [0.1, 0.15) is 16.1 Å². The van der Waals surface area contributed by atoms with E-state index in [0.717, 1.165) is 0 Å². The van der Waals surface area contributed by atoms with Crippen molar-refractivity contribution in [2.75, 3.05) is 32.8 Å². The Morgan fingerprint density at radius 1 is 1.38 bits per heavy atom. The highest BCUT2D eigenvalue weighted by molar-refractivity contribution is 7.12. The zero-order valence-corrected chi connectivity index (χ0v) is 13.2. The number of halogens is 1. The Kier molecular flexibility index (Phi) is 8.29. The van der Waals surface area contributed by atoms with E-state index in [4.69, 9.17) is 4.74 Å². The van der Waals surface area contributed by atoms with Gasteiger partial charge in [0, 0.05) is 19.6 Å². The van der Waals surface area contributed by atoms with Crippen molar-refractivity contribution in [1.29, 1.82) is 0 Å². The molecule has 2 heterocycles. The van der Waals surface area contributed by atoms with Crippen molar-refractivity contribution in [3.8, 4) is 0 Å². The van der Waals surface area contributed by atoms with E-state index in [-0.39, 0.29) is 30.3 Å². The monoisotopic (exact) mass is 333 g/mol. The van der Waals surface area contributed by atoms with Crippen LogP contribution in [0, 0.1) is 0 Å². The molecule has 1 aromatic heterocycles. The topological polar surface area (TPSA) is 79.5 Å². The van der Waals surface area contributed by atoms with Gasteiger partial charge in [-0.2, -0.15) is 0 Å². The lowest BCUT2D eigenvalue weighted by Gasteiger charge is -2.22. The Morgan fingerprint density at radius 2 is 2.19 bits per heavy atom. The van der Waals surface area contributed by atoms with E-state index < -0.39 is 0 Å². The highest BCUT2D eigenvalue weighted by atomic mass is 35.5. The van der Waals surface area contributed by atoms with Gasteiger partial charge in [0.25, 0.3) is 5.91 Å². The fraction of sp³-hybridized carbons (Fsp3) is 0.538. The van der Waals surface area contributed by atoms with Crippen LogP contribution in [0.4, 0.5) is 0 Å².